The molecule has 0 aliphatic carbocycles. The van der Waals surface area contributed by atoms with E-state index in [1.54, 1.807) is 6.07 Å². The fourth-order valence-electron chi connectivity index (χ4n) is 0.602. The van der Waals surface area contributed by atoms with E-state index < -0.39 is 0 Å². The highest BCUT2D eigenvalue weighted by atomic mass is 79.9. The van der Waals surface area contributed by atoms with Gasteiger partial charge in [0.05, 0.1) is 13.5 Å². The van der Waals surface area contributed by atoms with Crippen molar-refractivity contribution in [3.05, 3.63) is 19.2 Å². The van der Waals surface area contributed by atoms with E-state index in [4.69, 9.17) is 11.6 Å². The van der Waals surface area contributed by atoms with Crippen LogP contribution in [0, 0.1) is 0 Å². The van der Waals surface area contributed by atoms with Gasteiger partial charge < -0.3 is 0 Å². The molecule has 0 saturated heterocycles. The molecular weight excluding hydrogens is 315 g/mol. The van der Waals surface area contributed by atoms with Gasteiger partial charge in [-0.25, -0.2) is 0 Å². The molecule has 0 N–H and O–H groups in total. The Labute approximate surface area is 90.0 Å². The van der Waals surface area contributed by atoms with Crippen molar-refractivity contribution in [1.29, 1.82) is 0 Å². The van der Waals surface area contributed by atoms with Gasteiger partial charge in [-0.3, -0.25) is 4.79 Å². The molecule has 1 heterocycles. The van der Waals surface area contributed by atoms with E-state index in [2.05, 4.69) is 31.9 Å². The summed E-state index contributed by atoms with van der Waals surface area (Å²) in [7, 11) is 0. The second-order valence-electron chi connectivity index (χ2n) is 1.79. The third-order valence-electron chi connectivity index (χ3n) is 1.08. The van der Waals surface area contributed by atoms with E-state index in [1.807, 2.05) is 0 Å². The Morgan fingerprint density at radius 3 is 2.64 bits per heavy atom. The molecule has 0 atom stereocenters. The lowest BCUT2D eigenvalue weighted by Crippen LogP contribution is -1.97. The summed E-state index contributed by atoms with van der Waals surface area (Å²) in [6, 6.07) is 1.76. The number of halogens is 3. The van der Waals surface area contributed by atoms with E-state index in [0.29, 0.717) is 5.56 Å². The van der Waals surface area contributed by atoms with Crippen LogP contribution in [0.3, 0.4) is 0 Å². The molecule has 0 amide bonds. The van der Waals surface area contributed by atoms with Gasteiger partial charge >= 0.3 is 0 Å². The summed E-state index contributed by atoms with van der Waals surface area (Å²) < 4.78 is 1.76. The van der Waals surface area contributed by atoms with Crippen LogP contribution in [0.25, 0.3) is 0 Å². The standard InChI is InChI=1S/C6H3Br2ClOS/c7-5-1-3(4(10)2-9)6(8)11-5/h1H,2H2. The summed E-state index contributed by atoms with van der Waals surface area (Å²) in [5, 5.41) is 0. The summed E-state index contributed by atoms with van der Waals surface area (Å²) in [6.45, 7) is 0. The van der Waals surface area contributed by atoms with Crippen LogP contribution in [0.5, 0.6) is 0 Å². The van der Waals surface area contributed by atoms with Crippen molar-refractivity contribution in [3.63, 3.8) is 0 Å². The highest BCUT2D eigenvalue weighted by Gasteiger charge is 2.11. The van der Waals surface area contributed by atoms with Gasteiger partial charge in [0, 0.05) is 5.56 Å². The second-order valence-corrected chi connectivity index (χ2v) is 5.81. The maximum Gasteiger partial charge on any atom is 0.179 e. The van der Waals surface area contributed by atoms with Crippen LogP contribution in [0.4, 0.5) is 0 Å². The summed E-state index contributed by atoms with van der Waals surface area (Å²) >= 11 is 13.4. The van der Waals surface area contributed by atoms with E-state index in [9.17, 15) is 4.79 Å². The molecule has 0 aliphatic heterocycles. The topological polar surface area (TPSA) is 17.1 Å². The van der Waals surface area contributed by atoms with E-state index in [-0.39, 0.29) is 11.7 Å². The third-order valence-corrected chi connectivity index (χ3v) is 3.66. The minimum Gasteiger partial charge on any atom is -0.293 e. The number of thiophene rings is 1. The van der Waals surface area contributed by atoms with Crippen LogP contribution < -0.4 is 0 Å². The first-order chi connectivity index (χ1) is 5.15. The number of carbonyl (C=O) groups excluding carboxylic acids is 1. The van der Waals surface area contributed by atoms with Gasteiger partial charge in [-0.1, -0.05) is 0 Å². The Balaban J connectivity index is 3.03. The first-order valence-corrected chi connectivity index (χ1v) is 5.63. The number of carbonyl (C=O) groups is 1. The van der Waals surface area contributed by atoms with Crippen molar-refractivity contribution in [2.24, 2.45) is 0 Å². The zero-order valence-corrected chi connectivity index (χ0v) is 9.98. The second kappa shape index (κ2) is 4.03. The van der Waals surface area contributed by atoms with E-state index >= 15 is 0 Å². The Bertz CT molecular complexity index is 284. The molecule has 11 heavy (non-hydrogen) atoms. The number of rotatable bonds is 2. The SMILES string of the molecule is O=C(CCl)c1cc(Br)sc1Br. The van der Waals surface area contributed by atoms with Gasteiger partial charge in [-0.2, -0.15) is 0 Å². The van der Waals surface area contributed by atoms with Crippen molar-refractivity contribution in [2.45, 2.75) is 0 Å². The minimum absolute atomic E-state index is 0.0295. The molecule has 0 aromatic carbocycles. The van der Waals surface area contributed by atoms with Crippen molar-refractivity contribution in [2.75, 3.05) is 5.88 Å². The Morgan fingerprint density at radius 2 is 2.27 bits per heavy atom. The Morgan fingerprint density at radius 1 is 1.64 bits per heavy atom. The summed E-state index contributed by atoms with van der Waals surface area (Å²) in [6.07, 6.45) is 0. The Kier molecular flexibility index (Phi) is 3.55. The summed E-state index contributed by atoms with van der Waals surface area (Å²) in [4.78, 5) is 11.1. The predicted octanol–water partition coefficient (Wildman–Crippen LogP) is 3.69. The normalized spacial score (nSPS) is 10.1. The molecule has 0 spiro atoms. The molecule has 0 bridgehead atoms. The number of hydrogen-bond donors (Lipinski definition) is 0. The monoisotopic (exact) mass is 316 g/mol. The van der Waals surface area contributed by atoms with Gasteiger partial charge in [0.25, 0.3) is 0 Å². The summed E-state index contributed by atoms with van der Waals surface area (Å²) in [5.41, 5.74) is 0.650. The quantitative estimate of drug-likeness (QED) is 0.600. The maximum atomic E-state index is 11.1. The highest BCUT2D eigenvalue weighted by Crippen LogP contribution is 2.32. The number of Topliss-reactive ketones (excluding diaryl/α,β-unsaturated/α-hetero) is 1. The zero-order valence-electron chi connectivity index (χ0n) is 5.23. The third kappa shape index (κ3) is 2.28. The van der Waals surface area contributed by atoms with Crippen molar-refractivity contribution in [3.8, 4) is 0 Å². The molecule has 1 rings (SSSR count). The van der Waals surface area contributed by atoms with Crippen LogP contribution in [-0.2, 0) is 0 Å². The van der Waals surface area contributed by atoms with Crippen molar-refractivity contribution in [1.82, 2.24) is 0 Å². The fourth-order valence-corrected chi connectivity index (χ4v) is 3.60. The fraction of sp³-hybridized carbons (Fsp3) is 0.167. The van der Waals surface area contributed by atoms with E-state index in [1.165, 1.54) is 11.3 Å². The van der Waals surface area contributed by atoms with Crippen molar-refractivity contribution < 1.29 is 4.79 Å². The average molecular weight is 318 g/mol. The highest BCUT2D eigenvalue weighted by molar-refractivity contribution is 9.12. The maximum absolute atomic E-state index is 11.1. The molecule has 1 nitrogen and oxygen atoms in total. The largest absolute Gasteiger partial charge is 0.293 e. The first-order valence-electron chi connectivity index (χ1n) is 2.69. The van der Waals surface area contributed by atoms with Crippen molar-refractivity contribution >= 4 is 60.6 Å². The molecule has 0 fully saturated rings. The lowest BCUT2D eigenvalue weighted by molar-refractivity contribution is 0.102. The number of ketones is 1. The van der Waals surface area contributed by atoms with Crippen LogP contribution in [0.1, 0.15) is 10.4 Å². The molecular formula is C6H3Br2ClOS. The average Bonchev–Trinajstić information content (AvgIpc) is 2.28. The Hall–Kier alpha value is 0.620. The van der Waals surface area contributed by atoms with Crippen LogP contribution in [0.15, 0.2) is 13.6 Å². The van der Waals surface area contributed by atoms with E-state index in [0.717, 1.165) is 7.57 Å². The number of hydrogen-bond acceptors (Lipinski definition) is 2. The zero-order chi connectivity index (χ0) is 8.43. The first kappa shape index (κ1) is 9.71. The van der Waals surface area contributed by atoms with Gasteiger partial charge in [-0.15, -0.1) is 22.9 Å². The van der Waals surface area contributed by atoms with Crippen LogP contribution in [-0.4, -0.2) is 11.7 Å². The number of alkyl halides is 1. The predicted molar refractivity (Wildman–Crippen MR) is 54.8 cm³/mol. The molecule has 1 aromatic heterocycles. The summed E-state index contributed by atoms with van der Waals surface area (Å²) in [5.74, 6) is -0.0256. The van der Waals surface area contributed by atoms with Crippen LogP contribution >= 0.6 is 54.8 Å². The van der Waals surface area contributed by atoms with Gasteiger partial charge in [0.2, 0.25) is 0 Å². The molecule has 0 saturated carbocycles. The van der Waals surface area contributed by atoms with Gasteiger partial charge in [0.15, 0.2) is 5.78 Å². The molecule has 0 unspecified atom stereocenters. The van der Waals surface area contributed by atoms with Gasteiger partial charge in [-0.05, 0) is 37.9 Å². The molecule has 1 aromatic rings. The van der Waals surface area contributed by atoms with Gasteiger partial charge in [0.1, 0.15) is 0 Å². The molecule has 5 heteroatoms. The molecule has 60 valence electrons. The smallest absolute Gasteiger partial charge is 0.179 e. The lowest BCUT2D eigenvalue weighted by Gasteiger charge is -1.89. The molecule has 0 radical (unpaired) electrons. The minimum atomic E-state index is -0.0551. The molecule has 0 aliphatic rings. The van der Waals surface area contributed by atoms with Crippen LogP contribution in [0.2, 0.25) is 0 Å². The lowest BCUT2D eigenvalue weighted by atomic mass is 10.2.